The first-order valence-electron chi connectivity index (χ1n) is 9.75. The number of rotatable bonds is 10. The zero-order valence-electron chi connectivity index (χ0n) is 18.2. The van der Waals surface area contributed by atoms with Crippen molar-refractivity contribution in [1.29, 1.82) is 5.26 Å². The highest BCUT2D eigenvalue weighted by atomic mass is 32.2. The lowest BCUT2D eigenvalue weighted by atomic mass is 10.1. The summed E-state index contributed by atoms with van der Waals surface area (Å²) in [6, 6.07) is 15.9. The number of ether oxygens (including phenoxy) is 3. The number of hydrogen-bond acceptors (Lipinski definition) is 10. The first-order valence-corrected chi connectivity index (χ1v) is 12.4. The Balaban J connectivity index is 1.55. The monoisotopic (exact) mass is 500 g/mol. The Labute approximate surface area is 200 Å². The number of nitrogens with zero attached hydrogens (tertiary/aromatic N) is 3. The lowest BCUT2D eigenvalue weighted by molar-refractivity contribution is -0.112. The quantitative estimate of drug-likeness (QED) is 0.253. The van der Waals surface area contributed by atoms with Gasteiger partial charge in [-0.3, -0.25) is 10.1 Å². The van der Waals surface area contributed by atoms with Gasteiger partial charge in [0, 0.05) is 17.8 Å². The van der Waals surface area contributed by atoms with Crippen LogP contribution >= 0.6 is 11.5 Å². The van der Waals surface area contributed by atoms with Crippen LogP contribution in [0.1, 0.15) is 5.56 Å². The van der Waals surface area contributed by atoms with Gasteiger partial charge in [0.25, 0.3) is 11.1 Å². The van der Waals surface area contributed by atoms with E-state index in [-0.39, 0.29) is 15.9 Å². The third kappa shape index (κ3) is 6.77. The van der Waals surface area contributed by atoms with Crippen molar-refractivity contribution in [2.24, 2.45) is 0 Å². The molecule has 0 aliphatic rings. The maximum absolute atomic E-state index is 12.4. The Morgan fingerprint density at radius 1 is 1.12 bits per heavy atom. The molecule has 1 amide bonds. The van der Waals surface area contributed by atoms with Crippen LogP contribution in [0.4, 0.5) is 5.13 Å². The number of methoxy groups -OCH3 is 1. The van der Waals surface area contributed by atoms with E-state index < -0.39 is 15.7 Å². The highest BCUT2D eigenvalue weighted by Crippen LogP contribution is 2.25. The van der Waals surface area contributed by atoms with Crippen molar-refractivity contribution in [2.45, 2.75) is 5.16 Å². The second-order valence-corrected chi connectivity index (χ2v) is 9.36. The van der Waals surface area contributed by atoms with Gasteiger partial charge in [-0.05, 0) is 35.9 Å². The largest absolute Gasteiger partial charge is 0.493 e. The molecule has 12 heteroatoms. The smallest absolute Gasteiger partial charge is 0.268 e. The molecule has 3 rings (SSSR count). The van der Waals surface area contributed by atoms with Gasteiger partial charge in [0.15, 0.2) is 11.5 Å². The number of nitrogens with one attached hydrogen (secondary N) is 1. The van der Waals surface area contributed by atoms with Gasteiger partial charge in [-0.1, -0.05) is 24.3 Å². The molecule has 0 aliphatic heterocycles. The number of para-hydroxylation sites is 2. The third-order valence-electron chi connectivity index (χ3n) is 4.19. The first-order chi connectivity index (χ1) is 16.3. The number of hydrogen-bond donors (Lipinski definition) is 1. The molecule has 0 fully saturated rings. The summed E-state index contributed by atoms with van der Waals surface area (Å²) in [6.07, 6.45) is 2.35. The molecule has 1 heterocycles. The van der Waals surface area contributed by atoms with E-state index in [0.29, 0.717) is 47.6 Å². The van der Waals surface area contributed by atoms with E-state index in [1.54, 1.807) is 43.5 Å². The highest BCUT2D eigenvalue weighted by Gasteiger charge is 2.17. The number of carbonyl (C=O) groups excluding carboxylic acids is 1. The van der Waals surface area contributed by atoms with Gasteiger partial charge >= 0.3 is 0 Å². The topological polar surface area (TPSA) is 140 Å². The average Bonchev–Trinajstić information content (AvgIpc) is 3.30. The number of sulfone groups is 1. The summed E-state index contributed by atoms with van der Waals surface area (Å²) >= 11 is 0.708. The predicted octanol–water partition coefficient (Wildman–Crippen LogP) is 2.95. The van der Waals surface area contributed by atoms with Crippen LogP contribution in [0.3, 0.4) is 0 Å². The first kappa shape index (κ1) is 24.7. The number of benzene rings is 2. The Morgan fingerprint density at radius 2 is 1.79 bits per heavy atom. The molecular weight excluding hydrogens is 480 g/mol. The lowest BCUT2D eigenvalue weighted by Gasteiger charge is -2.11. The predicted molar refractivity (Wildman–Crippen MR) is 126 cm³/mol. The number of carbonyl (C=O) groups is 1. The standard InChI is InChI=1S/C22H20N4O6S2/c1-30-18-5-3-4-6-19(18)32-12-11-31-17-9-7-15(8-10-17)13-16(14-23)20(27)24-21-25-22(26-33-21)34(2,28)29/h3-10,13H,11-12H2,1-2H3,(H,24,25,26,27)/b16-13-. The summed E-state index contributed by atoms with van der Waals surface area (Å²) in [5.41, 5.74) is 0.411. The SMILES string of the molecule is COc1ccccc1OCCOc1ccc(/C=C(/C#N)C(=O)Nc2nc(S(C)(=O)=O)ns2)cc1. The normalized spacial score (nSPS) is 11.4. The van der Waals surface area contributed by atoms with Crippen LogP contribution in [-0.4, -0.2) is 50.3 Å². The van der Waals surface area contributed by atoms with Crippen LogP contribution in [0.2, 0.25) is 0 Å². The molecule has 0 unspecified atom stereocenters. The minimum Gasteiger partial charge on any atom is -0.493 e. The summed E-state index contributed by atoms with van der Waals surface area (Å²) in [7, 11) is -2.02. The van der Waals surface area contributed by atoms with Crippen molar-refractivity contribution in [2.75, 3.05) is 31.9 Å². The van der Waals surface area contributed by atoms with E-state index in [2.05, 4.69) is 14.7 Å². The minimum atomic E-state index is -3.59. The van der Waals surface area contributed by atoms with Gasteiger partial charge in [0.05, 0.1) is 7.11 Å². The maximum Gasteiger partial charge on any atom is 0.268 e. The van der Waals surface area contributed by atoms with E-state index in [4.69, 9.17) is 14.2 Å². The number of amides is 1. The minimum absolute atomic E-state index is 0.0225. The van der Waals surface area contributed by atoms with Crippen molar-refractivity contribution in [3.63, 3.8) is 0 Å². The van der Waals surface area contributed by atoms with Crippen LogP contribution in [-0.2, 0) is 14.6 Å². The van der Waals surface area contributed by atoms with Crippen molar-refractivity contribution in [1.82, 2.24) is 9.36 Å². The zero-order chi connectivity index (χ0) is 24.6. The van der Waals surface area contributed by atoms with E-state index in [9.17, 15) is 18.5 Å². The molecule has 0 radical (unpaired) electrons. The van der Waals surface area contributed by atoms with Gasteiger partial charge in [-0.2, -0.15) is 14.6 Å². The third-order valence-corrected chi connectivity index (χ3v) is 5.79. The molecule has 0 atom stereocenters. The molecule has 1 N–H and O–H groups in total. The van der Waals surface area contributed by atoms with Crippen molar-refractivity contribution >= 4 is 38.5 Å². The van der Waals surface area contributed by atoms with Crippen LogP contribution in [0.5, 0.6) is 17.2 Å². The summed E-state index contributed by atoms with van der Waals surface area (Å²) in [4.78, 5) is 16.1. The molecule has 0 aliphatic carbocycles. The average molecular weight is 501 g/mol. The Hall–Kier alpha value is -3.95. The van der Waals surface area contributed by atoms with Gasteiger partial charge in [0.1, 0.15) is 30.6 Å². The summed E-state index contributed by atoms with van der Waals surface area (Å²) in [6.45, 7) is 0.615. The molecule has 0 spiro atoms. The maximum atomic E-state index is 12.4. The van der Waals surface area contributed by atoms with Gasteiger partial charge in [0.2, 0.25) is 15.0 Å². The molecule has 0 bridgehead atoms. The Bertz CT molecular complexity index is 1330. The molecule has 176 valence electrons. The van der Waals surface area contributed by atoms with Gasteiger partial charge in [-0.15, -0.1) is 0 Å². The highest BCUT2D eigenvalue weighted by molar-refractivity contribution is 7.90. The summed E-state index contributed by atoms with van der Waals surface area (Å²) in [5.74, 6) is 1.12. The van der Waals surface area contributed by atoms with Crippen molar-refractivity contribution < 1.29 is 27.4 Å². The van der Waals surface area contributed by atoms with Gasteiger partial charge < -0.3 is 14.2 Å². The fourth-order valence-electron chi connectivity index (χ4n) is 2.60. The molecule has 34 heavy (non-hydrogen) atoms. The van der Waals surface area contributed by atoms with Crippen LogP contribution in [0.15, 0.2) is 59.3 Å². The van der Waals surface area contributed by atoms with Crippen LogP contribution in [0, 0.1) is 11.3 Å². The van der Waals surface area contributed by atoms with Crippen LogP contribution < -0.4 is 19.5 Å². The van der Waals surface area contributed by atoms with Crippen LogP contribution in [0.25, 0.3) is 6.08 Å². The number of anilines is 1. The molecule has 10 nitrogen and oxygen atoms in total. The van der Waals surface area contributed by atoms with Crippen molar-refractivity contribution in [3.8, 4) is 23.3 Å². The Kier molecular flexibility index (Phi) is 8.18. The van der Waals surface area contributed by atoms with Gasteiger partial charge in [-0.25, -0.2) is 8.42 Å². The Morgan fingerprint density at radius 3 is 2.41 bits per heavy atom. The molecule has 0 saturated carbocycles. The second-order valence-electron chi connectivity index (χ2n) is 6.70. The molecule has 0 saturated heterocycles. The van der Waals surface area contributed by atoms with E-state index in [1.807, 2.05) is 18.2 Å². The number of aromatic nitrogens is 2. The fraction of sp³-hybridized carbons (Fsp3) is 0.182. The fourth-order valence-corrected chi connectivity index (χ4v) is 4.04. The van der Waals surface area contributed by atoms with E-state index in [0.717, 1.165) is 6.26 Å². The lowest BCUT2D eigenvalue weighted by Crippen LogP contribution is -2.13. The van der Waals surface area contributed by atoms with E-state index in [1.165, 1.54) is 6.08 Å². The van der Waals surface area contributed by atoms with E-state index >= 15 is 0 Å². The zero-order valence-corrected chi connectivity index (χ0v) is 19.9. The van der Waals surface area contributed by atoms with Crippen molar-refractivity contribution in [3.05, 3.63) is 59.7 Å². The molecule has 3 aromatic rings. The molecule has 2 aromatic carbocycles. The second kappa shape index (κ2) is 11.3. The molecular formula is C22H20N4O6S2. The molecule has 1 aromatic heterocycles. The summed E-state index contributed by atoms with van der Waals surface area (Å²) in [5, 5.41) is 11.3. The number of nitriles is 1. The summed E-state index contributed by atoms with van der Waals surface area (Å²) < 4.78 is 43.1.